The molecule has 6 nitrogen and oxygen atoms in total. The average molecular weight is 501 g/mol. The van der Waals surface area contributed by atoms with Crippen molar-refractivity contribution in [2.75, 3.05) is 17.5 Å². The van der Waals surface area contributed by atoms with Crippen molar-refractivity contribution < 1.29 is 17.9 Å². The standard InChI is InChI=1S/C29H28N2O4S/c1-2-35-27-21-13-12-20-26(27)31(36(33,34)25-18-10-5-11-19-25)22-28(32)30-29(23-14-6-3-7-15-23)24-16-8-4-9-17-24/h3-21,29H,2,22H2,1H3,(H,30,32). The molecular weight excluding hydrogens is 472 g/mol. The molecule has 0 spiro atoms. The number of benzene rings is 4. The van der Waals surface area contributed by atoms with Gasteiger partial charge in [0.15, 0.2) is 0 Å². The first-order valence-electron chi connectivity index (χ1n) is 11.7. The second-order valence-corrected chi connectivity index (χ2v) is 9.91. The number of hydrogen-bond donors (Lipinski definition) is 1. The van der Waals surface area contributed by atoms with Gasteiger partial charge >= 0.3 is 0 Å². The van der Waals surface area contributed by atoms with E-state index in [1.165, 1.54) is 12.1 Å². The summed E-state index contributed by atoms with van der Waals surface area (Å²) in [4.78, 5) is 13.6. The van der Waals surface area contributed by atoms with Crippen LogP contribution in [0.3, 0.4) is 0 Å². The number of nitrogens with one attached hydrogen (secondary N) is 1. The second kappa shape index (κ2) is 11.6. The van der Waals surface area contributed by atoms with Crippen LogP contribution in [-0.2, 0) is 14.8 Å². The van der Waals surface area contributed by atoms with E-state index in [0.717, 1.165) is 15.4 Å². The van der Waals surface area contributed by atoms with Gasteiger partial charge in [-0.15, -0.1) is 0 Å². The molecule has 0 aliphatic heterocycles. The third-order valence-corrected chi connectivity index (χ3v) is 7.40. The van der Waals surface area contributed by atoms with E-state index in [1.54, 1.807) is 42.5 Å². The maximum atomic E-state index is 13.7. The van der Waals surface area contributed by atoms with Crippen LogP contribution in [0.2, 0.25) is 0 Å². The van der Waals surface area contributed by atoms with Crippen molar-refractivity contribution in [1.29, 1.82) is 0 Å². The quantitative estimate of drug-likeness (QED) is 0.325. The summed E-state index contributed by atoms with van der Waals surface area (Å²) in [5, 5.41) is 3.04. The van der Waals surface area contributed by atoms with Crippen LogP contribution in [-0.4, -0.2) is 27.5 Å². The summed E-state index contributed by atoms with van der Waals surface area (Å²) < 4.78 is 34.3. The maximum Gasteiger partial charge on any atom is 0.264 e. The van der Waals surface area contributed by atoms with Crippen molar-refractivity contribution in [3.8, 4) is 5.75 Å². The Hall–Kier alpha value is -4.10. The summed E-state index contributed by atoms with van der Waals surface area (Å²) in [5.41, 5.74) is 2.09. The van der Waals surface area contributed by atoms with Gasteiger partial charge in [0.25, 0.3) is 10.0 Å². The number of sulfonamides is 1. The Balaban J connectivity index is 1.71. The number of ether oxygens (including phenoxy) is 1. The number of hydrogen-bond acceptors (Lipinski definition) is 4. The highest BCUT2D eigenvalue weighted by Crippen LogP contribution is 2.32. The van der Waals surface area contributed by atoms with Gasteiger partial charge in [-0.05, 0) is 42.3 Å². The SMILES string of the molecule is CCOc1ccccc1N(CC(=O)NC(c1ccccc1)c1ccccc1)S(=O)(=O)c1ccccc1. The van der Waals surface area contributed by atoms with Gasteiger partial charge in [-0.3, -0.25) is 9.10 Å². The molecule has 184 valence electrons. The second-order valence-electron chi connectivity index (χ2n) is 8.05. The molecule has 0 radical (unpaired) electrons. The summed E-state index contributed by atoms with van der Waals surface area (Å²) in [5.74, 6) is -0.0616. The zero-order valence-corrected chi connectivity index (χ0v) is 20.8. The molecule has 0 heterocycles. The lowest BCUT2D eigenvalue weighted by molar-refractivity contribution is -0.120. The Kier molecular flexibility index (Phi) is 8.02. The van der Waals surface area contributed by atoms with Crippen LogP contribution in [0.5, 0.6) is 5.75 Å². The molecule has 36 heavy (non-hydrogen) atoms. The molecule has 0 fully saturated rings. The van der Waals surface area contributed by atoms with E-state index in [0.29, 0.717) is 18.0 Å². The average Bonchev–Trinajstić information content (AvgIpc) is 2.92. The highest BCUT2D eigenvalue weighted by Gasteiger charge is 2.30. The van der Waals surface area contributed by atoms with Crippen LogP contribution < -0.4 is 14.4 Å². The lowest BCUT2D eigenvalue weighted by atomic mass is 9.99. The molecule has 1 amide bonds. The smallest absolute Gasteiger partial charge is 0.264 e. The highest BCUT2D eigenvalue weighted by molar-refractivity contribution is 7.92. The first-order valence-corrected chi connectivity index (χ1v) is 13.1. The molecule has 0 unspecified atom stereocenters. The number of anilines is 1. The van der Waals surface area contributed by atoms with Crippen molar-refractivity contribution in [1.82, 2.24) is 5.32 Å². The fourth-order valence-corrected chi connectivity index (χ4v) is 5.40. The largest absolute Gasteiger partial charge is 0.492 e. The van der Waals surface area contributed by atoms with Crippen molar-refractivity contribution in [3.63, 3.8) is 0 Å². The molecule has 4 aromatic carbocycles. The summed E-state index contributed by atoms with van der Waals surface area (Å²) in [6.45, 7) is 1.76. The topological polar surface area (TPSA) is 75.7 Å². The fourth-order valence-electron chi connectivity index (χ4n) is 3.95. The minimum atomic E-state index is -4.06. The van der Waals surface area contributed by atoms with E-state index in [2.05, 4.69) is 5.32 Å². The summed E-state index contributed by atoms with van der Waals surface area (Å²) in [6.07, 6.45) is 0. The van der Waals surface area contributed by atoms with Gasteiger partial charge in [0.1, 0.15) is 12.3 Å². The maximum absolute atomic E-state index is 13.7. The van der Waals surface area contributed by atoms with Gasteiger partial charge in [-0.2, -0.15) is 0 Å². The number of carbonyl (C=O) groups is 1. The zero-order chi connectivity index (χ0) is 25.4. The molecule has 7 heteroatoms. The molecule has 0 saturated carbocycles. The van der Waals surface area contributed by atoms with Crippen LogP contribution >= 0.6 is 0 Å². The monoisotopic (exact) mass is 500 g/mol. The van der Waals surface area contributed by atoms with Gasteiger partial charge < -0.3 is 10.1 Å². The van der Waals surface area contributed by atoms with Crippen LogP contribution in [0.25, 0.3) is 0 Å². The molecular formula is C29H28N2O4S. The number of para-hydroxylation sites is 2. The van der Waals surface area contributed by atoms with E-state index in [9.17, 15) is 13.2 Å². The van der Waals surface area contributed by atoms with Gasteiger partial charge in [0.05, 0.1) is 23.2 Å². The van der Waals surface area contributed by atoms with Crippen LogP contribution in [0, 0.1) is 0 Å². The Morgan fingerprint density at radius 1 is 0.778 bits per heavy atom. The fraction of sp³-hybridized carbons (Fsp3) is 0.138. The lowest BCUT2D eigenvalue weighted by Gasteiger charge is -2.27. The van der Waals surface area contributed by atoms with Crippen LogP contribution in [0.15, 0.2) is 120 Å². The predicted octanol–water partition coefficient (Wildman–Crippen LogP) is 5.19. The minimum absolute atomic E-state index is 0.0896. The van der Waals surface area contributed by atoms with E-state index in [4.69, 9.17) is 4.74 Å². The first kappa shape index (κ1) is 25.0. The highest BCUT2D eigenvalue weighted by atomic mass is 32.2. The van der Waals surface area contributed by atoms with Crippen molar-refractivity contribution in [3.05, 3.63) is 126 Å². The Labute approximate surface area is 212 Å². The van der Waals surface area contributed by atoms with Crippen molar-refractivity contribution in [2.24, 2.45) is 0 Å². The molecule has 0 aliphatic carbocycles. The zero-order valence-electron chi connectivity index (χ0n) is 19.9. The van der Waals surface area contributed by atoms with E-state index in [-0.39, 0.29) is 4.90 Å². The van der Waals surface area contributed by atoms with Gasteiger partial charge in [-0.1, -0.05) is 91.0 Å². The van der Waals surface area contributed by atoms with Gasteiger partial charge in [0.2, 0.25) is 5.91 Å². The minimum Gasteiger partial charge on any atom is -0.492 e. The lowest BCUT2D eigenvalue weighted by Crippen LogP contribution is -2.42. The molecule has 0 aromatic heterocycles. The summed E-state index contributed by atoms with van der Waals surface area (Å²) >= 11 is 0. The van der Waals surface area contributed by atoms with Gasteiger partial charge in [-0.25, -0.2) is 8.42 Å². The Morgan fingerprint density at radius 2 is 1.28 bits per heavy atom. The number of nitrogens with zero attached hydrogens (tertiary/aromatic N) is 1. The van der Waals surface area contributed by atoms with Crippen LogP contribution in [0.1, 0.15) is 24.1 Å². The van der Waals surface area contributed by atoms with E-state index < -0.39 is 28.5 Å². The first-order chi connectivity index (χ1) is 17.5. The third-order valence-electron chi connectivity index (χ3n) is 5.62. The van der Waals surface area contributed by atoms with Crippen molar-refractivity contribution >= 4 is 21.6 Å². The number of rotatable bonds is 10. The molecule has 4 rings (SSSR count). The normalized spacial score (nSPS) is 11.2. The summed E-state index contributed by atoms with van der Waals surface area (Å²) in [7, 11) is -4.06. The molecule has 0 aliphatic rings. The number of carbonyl (C=O) groups excluding carboxylic acids is 1. The Morgan fingerprint density at radius 3 is 1.83 bits per heavy atom. The number of amides is 1. The predicted molar refractivity (Wildman–Crippen MR) is 141 cm³/mol. The third kappa shape index (κ3) is 5.75. The molecule has 1 N–H and O–H groups in total. The van der Waals surface area contributed by atoms with E-state index >= 15 is 0 Å². The van der Waals surface area contributed by atoms with Crippen LogP contribution in [0.4, 0.5) is 5.69 Å². The molecule has 4 aromatic rings. The van der Waals surface area contributed by atoms with E-state index in [1.807, 2.05) is 67.6 Å². The molecule has 0 bridgehead atoms. The molecule has 0 saturated heterocycles. The Bertz CT molecular complexity index is 1340. The van der Waals surface area contributed by atoms with Gasteiger partial charge in [0, 0.05) is 0 Å². The summed E-state index contributed by atoms with van der Waals surface area (Å²) in [6, 6.07) is 33.6. The van der Waals surface area contributed by atoms with Crippen molar-refractivity contribution in [2.45, 2.75) is 17.9 Å². The molecule has 0 atom stereocenters.